The van der Waals surface area contributed by atoms with E-state index in [-0.39, 0.29) is 17.6 Å². The number of hydrogen-bond acceptors (Lipinski definition) is 5. The van der Waals surface area contributed by atoms with Crippen molar-refractivity contribution in [1.82, 2.24) is 0 Å². The van der Waals surface area contributed by atoms with E-state index >= 15 is 0 Å². The maximum atomic E-state index is 10.9. The molecule has 0 radical (unpaired) electrons. The maximum Gasteiger partial charge on any atom is 0.185 e. The van der Waals surface area contributed by atoms with E-state index in [4.69, 9.17) is 18.9 Å². The zero-order valence-corrected chi connectivity index (χ0v) is 18.2. The van der Waals surface area contributed by atoms with Gasteiger partial charge in [-0.3, -0.25) is 0 Å². The molecule has 0 aromatic heterocycles. The summed E-state index contributed by atoms with van der Waals surface area (Å²) < 4.78 is 24.1. The monoisotopic (exact) mass is 380 g/mol. The molecule has 1 aliphatic heterocycles. The van der Waals surface area contributed by atoms with Crippen LogP contribution in [-0.4, -0.2) is 42.7 Å². The Morgan fingerprint density at radius 1 is 0.852 bits per heavy atom. The van der Waals surface area contributed by atoms with Gasteiger partial charge in [0.2, 0.25) is 0 Å². The molecule has 3 atom stereocenters. The SMILES string of the molecule is COC(C)(C)[C@@H]1OC(c2ccccc2[C@@H](O)C(C)(C)C)O[C@H]1C(C)(C)OC. The molecule has 1 heterocycles. The average molecular weight is 381 g/mol. The van der Waals surface area contributed by atoms with E-state index < -0.39 is 23.6 Å². The summed E-state index contributed by atoms with van der Waals surface area (Å²) >= 11 is 0. The highest BCUT2D eigenvalue weighted by Gasteiger charge is 2.52. The molecule has 1 N–H and O–H groups in total. The molecule has 0 aliphatic carbocycles. The summed E-state index contributed by atoms with van der Waals surface area (Å²) in [6.45, 7) is 14.0. The number of methoxy groups -OCH3 is 2. The first-order valence-corrected chi connectivity index (χ1v) is 9.53. The number of hydrogen-bond donors (Lipinski definition) is 1. The summed E-state index contributed by atoms with van der Waals surface area (Å²) in [4.78, 5) is 0. The van der Waals surface area contributed by atoms with Crippen molar-refractivity contribution in [2.24, 2.45) is 5.41 Å². The van der Waals surface area contributed by atoms with Crippen LogP contribution in [0.25, 0.3) is 0 Å². The third-order valence-electron chi connectivity index (χ3n) is 5.60. The van der Waals surface area contributed by atoms with Crippen molar-refractivity contribution in [2.45, 2.75) is 84.3 Å². The zero-order chi connectivity index (χ0) is 20.6. The largest absolute Gasteiger partial charge is 0.388 e. The van der Waals surface area contributed by atoms with Gasteiger partial charge in [-0.2, -0.15) is 0 Å². The highest BCUT2D eigenvalue weighted by molar-refractivity contribution is 5.32. The fraction of sp³-hybridized carbons (Fsp3) is 0.727. The molecule has 0 bridgehead atoms. The molecular weight excluding hydrogens is 344 g/mol. The Labute approximate surface area is 164 Å². The molecule has 2 rings (SSSR count). The molecule has 1 aliphatic rings. The Balaban J connectivity index is 2.44. The van der Waals surface area contributed by atoms with E-state index in [2.05, 4.69) is 0 Å². The second kappa shape index (κ2) is 7.80. The standard InChI is InChI=1S/C22H36O5/c1-20(2,3)16(23)14-12-10-11-13-15(14)19-26-17(21(4,5)24-8)18(27-19)22(6,7)25-9/h10-13,16-19,23H,1-9H3/t16-,17-,18-/m1/s1. The quantitative estimate of drug-likeness (QED) is 0.793. The minimum absolute atomic E-state index is 0.300. The molecule has 27 heavy (non-hydrogen) atoms. The number of ether oxygens (including phenoxy) is 4. The van der Waals surface area contributed by atoms with Crippen LogP contribution in [0.3, 0.4) is 0 Å². The van der Waals surface area contributed by atoms with Crippen molar-refractivity contribution in [3.63, 3.8) is 0 Å². The van der Waals surface area contributed by atoms with E-state index in [0.717, 1.165) is 11.1 Å². The fourth-order valence-electron chi connectivity index (χ4n) is 3.32. The van der Waals surface area contributed by atoms with Crippen LogP contribution in [0.2, 0.25) is 0 Å². The van der Waals surface area contributed by atoms with Crippen molar-refractivity contribution in [3.05, 3.63) is 35.4 Å². The van der Waals surface area contributed by atoms with Gasteiger partial charge in [0.05, 0.1) is 17.3 Å². The lowest BCUT2D eigenvalue weighted by Gasteiger charge is -2.38. The Morgan fingerprint density at radius 2 is 1.30 bits per heavy atom. The lowest BCUT2D eigenvalue weighted by atomic mass is 9.83. The van der Waals surface area contributed by atoms with Crippen LogP contribution < -0.4 is 0 Å². The molecule has 154 valence electrons. The normalized spacial score (nSPS) is 23.6. The summed E-state index contributed by atoms with van der Waals surface area (Å²) in [7, 11) is 3.34. The second-order valence-electron chi connectivity index (χ2n) is 9.46. The molecule has 1 saturated heterocycles. The van der Waals surface area contributed by atoms with Crippen molar-refractivity contribution < 1.29 is 24.1 Å². The predicted octanol–water partition coefficient (Wildman–Crippen LogP) is 4.40. The van der Waals surface area contributed by atoms with Gasteiger partial charge in [-0.1, -0.05) is 45.0 Å². The third-order valence-corrected chi connectivity index (χ3v) is 5.60. The van der Waals surface area contributed by atoms with Gasteiger partial charge in [0, 0.05) is 19.8 Å². The second-order valence-corrected chi connectivity index (χ2v) is 9.46. The van der Waals surface area contributed by atoms with E-state index in [9.17, 15) is 5.11 Å². The molecule has 0 spiro atoms. The van der Waals surface area contributed by atoms with Crippen LogP contribution in [0.1, 0.15) is 72.0 Å². The van der Waals surface area contributed by atoms with Crippen LogP contribution >= 0.6 is 0 Å². The van der Waals surface area contributed by atoms with Crippen LogP contribution in [-0.2, 0) is 18.9 Å². The van der Waals surface area contributed by atoms with Gasteiger partial charge in [-0.25, -0.2) is 0 Å². The summed E-state index contributed by atoms with van der Waals surface area (Å²) in [5.74, 6) is 0. The summed E-state index contributed by atoms with van der Waals surface area (Å²) in [6.07, 6.45) is -1.90. The zero-order valence-electron chi connectivity index (χ0n) is 18.2. The number of benzene rings is 1. The van der Waals surface area contributed by atoms with Gasteiger partial charge in [0.25, 0.3) is 0 Å². The van der Waals surface area contributed by atoms with E-state index in [0.29, 0.717) is 0 Å². The van der Waals surface area contributed by atoms with Crippen LogP contribution in [0.15, 0.2) is 24.3 Å². The molecule has 0 amide bonds. The van der Waals surface area contributed by atoms with E-state index in [1.165, 1.54) is 0 Å². The molecule has 0 saturated carbocycles. The molecule has 1 aromatic carbocycles. The Kier molecular flexibility index (Phi) is 6.45. The Morgan fingerprint density at radius 3 is 1.70 bits per heavy atom. The minimum atomic E-state index is -0.635. The minimum Gasteiger partial charge on any atom is -0.388 e. The maximum absolute atomic E-state index is 10.9. The highest BCUT2D eigenvalue weighted by atomic mass is 16.7. The predicted molar refractivity (Wildman–Crippen MR) is 106 cm³/mol. The van der Waals surface area contributed by atoms with E-state index in [1.807, 2.05) is 72.7 Å². The van der Waals surface area contributed by atoms with Gasteiger partial charge in [0.1, 0.15) is 12.2 Å². The molecule has 5 heteroatoms. The summed E-state index contributed by atoms with van der Waals surface area (Å²) in [5.41, 5.74) is 0.233. The molecule has 5 nitrogen and oxygen atoms in total. The van der Waals surface area contributed by atoms with Gasteiger partial charge in [0.15, 0.2) is 6.29 Å². The number of rotatable bonds is 6. The molecule has 0 unspecified atom stereocenters. The fourth-order valence-corrected chi connectivity index (χ4v) is 3.32. The molecule has 1 aromatic rings. The average Bonchev–Trinajstić information content (AvgIpc) is 3.07. The molecule has 1 fully saturated rings. The van der Waals surface area contributed by atoms with Crippen molar-refractivity contribution in [1.29, 1.82) is 0 Å². The van der Waals surface area contributed by atoms with Crippen molar-refractivity contribution >= 4 is 0 Å². The Hall–Kier alpha value is -0.980. The van der Waals surface area contributed by atoms with Gasteiger partial charge in [-0.15, -0.1) is 0 Å². The first kappa shape index (κ1) is 22.3. The lowest BCUT2D eigenvalue weighted by molar-refractivity contribution is -0.132. The van der Waals surface area contributed by atoms with E-state index in [1.54, 1.807) is 14.2 Å². The summed E-state index contributed by atoms with van der Waals surface area (Å²) in [6, 6.07) is 7.75. The van der Waals surface area contributed by atoms with Gasteiger partial charge in [-0.05, 0) is 38.7 Å². The van der Waals surface area contributed by atoms with Crippen LogP contribution in [0, 0.1) is 5.41 Å². The summed E-state index contributed by atoms with van der Waals surface area (Å²) in [5, 5.41) is 10.9. The van der Waals surface area contributed by atoms with Crippen LogP contribution in [0.4, 0.5) is 0 Å². The van der Waals surface area contributed by atoms with Gasteiger partial charge >= 0.3 is 0 Å². The van der Waals surface area contributed by atoms with Gasteiger partial charge < -0.3 is 24.1 Å². The smallest absolute Gasteiger partial charge is 0.185 e. The lowest BCUT2D eigenvalue weighted by Crippen LogP contribution is -2.53. The first-order valence-electron chi connectivity index (χ1n) is 9.53. The van der Waals surface area contributed by atoms with Crippen molar-refractivity contribution in [3.8, 4) is 0 Å². The first-order chi connectivity index (χ1) is 12.3. The highest BCUT2D eigenvalue weighted by Crippen LogP contribution is 2.45. The topological polar surface area (TPSA) is 57.2 Å². The molecular formula is C22H36O5. The third kappa shape index (κ3) is 4.54. The Bertz CT molecular complexity index is 608. The van der Waals surface area contributed by atoms with Crippen LogP contribution in [0.5, 0.6) is 0 Å². The van der Waals surface area contributed by atoms with Crippen molar-refractivity contribution in [2.75, 3.05) is 14.2 Å². The number of aliphatic hydroxyl groups is 1. The number of aliphatic hydroxyl groups excluding tert-OH is 1.